The second-order valence-corrected chi connectivity index (χ2v) is 12.1. The van der Waals surface area contributed by atoms with Crippen molar-refractivity contribution in [1.29, 1.82) is 0 Å². The van der Waals surface area contributed by atoms with Gasteiger partial charge in [0.1, 0.15) is 11.6 Å². The van der Waals surface area contributed by atoms with E-state index in [-0.39, 0.29) is 11.6 Å². The van der Waals surface area contributed by atoms with Crippen molar-refractivity contribution in [3.05, 3.63) is 162 Å². The van der Waals surface area contributed by atoms with Crippen molar-refractivity contribution in [2.75, 3.05) is 0 Å². The molecule has 5 heteroatoms. The summed E-state index contributed by atoms with van der Waals surface area (Å²) in [5.41, 5.74) is 6.72. The molecule has 0 bridgehead atoms. The van der Waals surface area contributed by atoms with Gasteiger partial charge in [-0.05, 0) is 127 Å². The van der Waals surface area contributed by atoms with Crippen LogP contribution in [0.15, 0.2) is 84.9 Å². The number of rotatable bonds is 0. The third-order valence-corrected chi connectivity index (χ3v) is 7.13. The molecule has 0 radical (unpaired) electrons. The normalized spacial score (nSPS) is 9.63. The molecule has 0 unspecified atom stereocenters. The van der Waals surface area contributed by atoms with E-state index in [1.807, 2.05) is 37.3 Å². The lowest BCUT2D eigenvalue weighted by molar-refractivity contribution is 0.497. The maximum atomic E-state index is 12.6. The molecule has 0 spiro atoms. The number of thiophene rings is 1. The molecule has 1 aromatic heterocycles. The standard InChI is InChI=1S/C8H8F2.2C8H9F.C8H10.C6H8S/c1-5-3-4-6(2)8(10)7(5)9;2*1-6-3-4-7(2)8(9)5-6;1-7-3-5-8(2)6-4-7;1-5-3-4-6(2)7-5/h3-4H,1-2H3;2*3-5H,1-2H3;3-6H,1-2H3;3-4H,1-2H3. The Morgan fingerprint density at radius 2 is 0.628 bits per heavy atom. The van der Waals surface area contributed by atoms with Crippen LogP contribution in [0, 0.1) is 92.5 Å². The molecule has 1 heterocycles. The zero-order valence-electron chi connectivity index (χ0n) is 27.0. The van der Waals surface area contributed by atoms with Crippen LogP contribution < -0.4 is 0 Å². The van der Waals surface area contributed by atoms with Gasteiger partial charge in [0.05, 0.1) is 0 Å². The van der Waals surface area contributed by atoms with Crippen LogP contribution in [0.2, 0.25) is 0 Å². The first kappa shape index (κ1) is 37.3. The molecule has 0 aliphatic carbocycles. The van der Waals surface area contributed by atoms with Crippen LogP contribution in [-0.2, 0) is 0 Å². The zero-order valence-corrected chi connectivity index (χ0v) is 27.8. The van der Waals surface area contributed by atoms with E-state index in [0.29, 0.717) is 22.3 Å². The second-order valence-electron chi connectivity index (χ2n) is 10.6. The lowest BCUT2D eigenvalue weighted by Gasteiger charge is -1.99. The quantitative estimate of drug-likeness (QED) is 0.153. The average Bonchev–Trinajstić information content (AvgIpc) is 3.35. The fourth-order valence-corrected chi connectivity index (χ4v) is 4.11. The maximum absolute atomic E-state index is 12.6. The minimum absolute atomic E-state index is 0.116. The van der Waals surface area contributed by atoms with Gasteiger partial charge >= 0.3 is 0 Å². The van der Waals surface area contributed by atoms with Crippen LogP contribution >= 0.6 is 11.3 Å². The van der Waals surface area contributed by atoms with Crippen LogP contribution in [0.4, 0.5) is 17.6 Å². The van der Waals surface area contributed by atoms with E-state index in [2.05, 4.69) is 64.1 Å². The van der Waals surface area contributed by atoms with Gasteiger partial charge in [-0.2, -0.15) is 0 Å². The Labute approximate surface area is 260 Å². The summed E-state index contributed by atoms with van der Waals surface area (Å²) in [6.07, 6.45) is 0. The summed E-state index contributed by atoms with van der Waals surface area (Å²) in [5.74, 6) is -1.70. The maximum Gasteiger partial charge on any atom is 0.161 e. The van der Waals surface area contributed by atoms with Gasteiger partial charge in [-0.15, -0.1) is 11.3 Å². The highest BCUT2D eigenvalue weighted by Crippen LogP contribution is 2.14. The van der Waals surface area contributed by atoms with Gasteiger partial charge in [0.15, 0.2) is 11.6 Å². The van der Waals surface area contributed by atoms with E-state index in [0.717, 1.165) is 11.1 Å². The largest absolute Gasteiger partial charge is 0.207 e. The van der Waals surface area contributed by atoms with E-state index in [1.165, 1.54) is 46.9 Å². The molecule has 43 heavy (non-hydrogen) atoms. The van der Waals surface area contributed by atoms with Crippen molar-refractivity contribution in [3.63, 3.8) is 0 Å². The topological polar surface area (TPSA) is 0 Å². The molecule has 0 saturated heterocycles. The van der Waals surface area contributed by atoms with Crippen LogP contribution in [0.3, 0.4) is 0 Å². The second kappa shape index (κ2) is 18.8. The Balaban J connectivity index is 0.000000270. The van der Waals surface area contributed by atoms with Gasteiger partial charge in [0.2, 0.25) is 0 Å². The highest BCUT2D eigenvalue weighted by molar-refractivity contribution is 7.11. The molecule has 0 amide bonds. The summed E-state index contributed by atoms with van der Waals surface area (Å²) < 4.78 is 50.4. The fraction of sp³-hybridized carbons (Fsp3) is 0.263. The van der Waals surface area contributed by atoms with E-state index in [9.17, 15) is 17.6 Å². The highest BCUT2D eigenvalue weighted by Gasteiger charge is 2.06. The molecule has 0 nitrogen and oxygen atoms in total. The summed E-state index contributed by atoms with van der Waals surface area (Å²) in [7, 11) is 0. The van der Waals surface area contributed by atoms with E-state index in [4.69, 9.17) is 0 Å². The van der Waals surface area contributed by atoms with Gasteiger partial charge in [-0.3, -0.25) is 0 Å². The number of aryl methyl sites for hydroxylation is 10. The van der Waals surface area contributed by atoms with Crippen LogP contribution in [0.1, 0.15) is 54.3 Å². The summed E-state index contributed by atoms with van der Waals surface area (Å²) >= 11 is 1.84. The number of hydrogen-bond acceptors (Lipinski definition) is 1. The molecule has 0 saturated carbocycles. The smallest absolute Gasteiger partial charge is 0.161 e. The monoisotopic (exact) mass is 608 g/mol. The number of benzene rings is 4. The molecule has 5 aromatic rings. The van der Waals surface area contributed by atoms with E-state index >= 15 is 0 Å². The Morgan fingerprint density at radius 1 is 0.349 bits per heavy atom. The van der Waals surface area contributed by atoms with Crippen LogP contribution in [-0.4, -0.2) is 0 Å². The van der Waals surface area contributed by atoms with Crippen LogP contribution in [0.5, 0.6) is 0 Å². The summed E-state index contributed by atoms with van der Waals surface area (Å²) in [5, 5.41) is 0. The SMILES string of the molecule is Cc1ccc(C)c(F)c1.Cc1ccc(C)c(F)c1.Cc1ccc(C)c(F)c1F.Cc1ccc(C)cc1.Cc1ccc(C)s1. The van der Waals surface area contributed by atoms with Crippen molar-refractivity contribution >= 4 is 11.3 Å². The lowest BCUT2D eigenvalue weighted by atomic mass is 10.1. The van der Waals surface area contributed by atoms with Crippen molar-refractivity contribution in [2.45, 2.75) is 69.2 Å². The van der Waals surface area contributed by atoms with Crippen molar-refractivity contribution in [1.82, 2.24) is 0 Å². The van der Waals surface area contributed by atoms with Gasteiger partial charge in [-0.1, -0.05) is 71.8 Å². The zero-order chi connectivity index (χ0) is 32.7. The lowest BCUT2D eigenvalue weighted by Crippen LogP contribution is -1.91. The Hall–Kier alpha value is -3.70. The summed E-state index contributed by atoms with van der Waals surface area (Å²) in [6, 6.07) is 26.3. The van der Waals surface area contributed by atoms with Gasteiger partial charge in [0, 0.05) is 9.75 Å². The average molecular weight is 609 g/mol. The van der Waals surface area contributed by atoms with E-state index in [1.54, 1.807) is 38.1 Å². The molecule has 5 rings (SSSR count). The Kier molecular flexibility index (Phi) is 16.3. The van der Waals surface area contributed by atoms with Crippen LogP contribution in [0.25, 0.3) is 0 Å². The number of hydrogen-bond donors (Lipinski definition) is 0. The minimum atomic E-state index is -0.736. The molecule has 0 atom stereocenters. The van der Waals surface area contributed by atoms with Gasteiger partial charge in [-0.25, -0.2) is 17.6 Å². The molecule has 0 fully saturated rings. The predicted octanol–water partition coefficient (Wildman–Crippen LogP) is 12.1. The minimum Gasteiger partial charge on any atom is -0.207 e. The van der Waals surface area contributed by atoms with Gasteiger partial charge < -0.3 is 0 Å². The van der Waals surface area contributed by atoms with Crippen molar-refractivity contribution in [3.8, 4) is 0 Å². The fourth-order valence-electron chi connectivity index (χ4n) is 3.33. The first-order chi connectivity index (χ1) is 20.1. The molecular formula is C38H44F4S. The van der Waals surface area contributed by atoms with Crippen molar-refractivity contribution in [2.24, 2.45) is 0 Å². The highest BCUT2D eigenvalue weighted by atomic mass is 32.1. The van der Waals surface area contributed by atoms with E-state index < -0.39 is 11.6 Å². The predicted molar refractivity (Wildman–Crippen MR) is 177 cm³/mol. The Bertz CT molecular complexity index is 1440. The Morgan fingerprint density at radius 3 is 0.860 bits per heavy atom. The molecule has 230 valence electrons. The molecule has 0 N–H and O–H groups in total. The third kappa shape index (κ3) is 14.8. The summed E-state index contributed by atoms with van der Waals surface area (Å²) in [4.78, 5) is 2.80. The third-order valence-electron chi connectivity index (χ3n) is 6.22. The first-order valence-electron chi connectivity index (χ1n) is 14.0. The molecule has 4 aromatic carbocycles. The van der Waals surface area contributed by atoms with Gasteiger partial charge in [0.25, 0.3) is 0 Å². The first-order valence-corrected chi connectivity index (χ1v) is 14.8. The molecular weight excluding hydrogens is 564 g/mol. The molecule has 0 aliphatic heterocycles. The van der Waals surface area contributed by atoms with Crippen molar-refractivity contribution < 1.29 is 17.6 Å². The molecule has 0 aliphatic rings. The summed E-state index contributed by atoms with van der Waals surface area (Å²) in [6.45, 7) is 18.8. The number of halogens is 4.